The lowest BCUT2D eigenvalue weighted by molar-refractivity contribution is 0.277. The highest BCUT2D eigenvalue weighted by Crippen LogP contribution is 2.25. The number of hydrogen-bond donors (Lipinski definition) is 1. The first-order valence-electron chi connectivity index (χ1n) is 6.10. The van der Waals surface area contributed by atoms with Crippen LogP contribution in [0.25, 0.3) is 0 Å². The number of aliphatic hydroxyl groups excluding tert-OH is 1. The number of hydrogen-bond acceptors (Lipinski definition) is 3. The summed E-state index contributed by atoms with van der Waals surface area (Å²) in [5.41, 5.74) is 1.92. The van der Waals surface area contributed by atoms with Gasteiger partial charge in [0.2, 0.25) is 0 Å². The lowest BCUT2D eigenvalue weighted by Gasteiger charge is -2.33. The van der Waals surface area contributed by atoms with Gasteiger partial charge >= 0.3 is 0 Å². The van der Waals surface area contributed by atoms with Crippen LogP contribution in [-0.2, 0) is 6.61 Å². The van der Waals surface area contributed by atoms with E-state index in [1.807, 2.05) is 12.1 Å². The van der Waals surface area contributed by atoms with Crippen LogP contribution in [0.1, 0.15) is 37.8 Å². The second-order valence-electron chi connectivity index (χ2n) is 4.57. The molecule has 1 aliphatic rings. The molecule has 1 aromatic heterocycles. The predicted molar refractivity (Wildman–Crippen MR) is 65.4 cm³/mol. The molecule has 88 valence electrons. The summed E-state index contributed by atoms with van der Waals surface area (Å²) in [6.45, 7) is 0.0202. The minimum atomic E-state index is 0.0202. The van der Waals surface area contributed by atoms with Crippen LogP contribution in [0.3, 0.4) is 0 Å². The van der Waals surface area contributed by atoms with Gasteiger partial charge in [-0.15, -0.1) is 0 Å². The van der Waals surface area contributed by atoms with Gasteiger partial charge in [-0.25, -0.2) is 0 Å². The molecule has 0 saturated heterocycles. The van der Waals surface area contributed by atoms with E-state index < -0.39 is 0 Å². The maximum atomic E-state index is 9.07. The van der Waals surface area contributed by atoms with E-state index >= 15 is 0 Å². The molecule has 0 amide bonds. The van der Waals surface area contributed by atoms with E-state index in [1.165, 1.54) is 37.8 Å². The minimum Gasteiger partial charge on any atom is -0.390 e. The van der Waals surface area contributed by atoms with Gasteiger partial charge < -0.3 is 10.0 Å². The molecule has 0 atom stereocenters. The standard InChI is InChI=1S/C13H20N2O/c1-15(12-5-3-2-4-6-12)13-7-8-14-11(9-13)10-16/h7-9,12,16H,2-6,10H2,1H3. The lowest BCUT2D eigenvalue weighted by Crippen LogP contribution is -2.33. The van der Waals surface area contributed by atoms with Crippen LogP contribution in [0.4, 0.5) is 5.69 Å². The Morgan fingerprint density at radius 1 is 1.38 bits per heavy atom. The monoisotopic (exact) mass is 220 g/mol. The van der Waals surface area contributed by atoms with E-state index in [1.54, 1.807) is 6.20 Å². The Labute approximate surface area is 97.1 Å². The molecule has 3 nitrogen and oxygen atoms in total. The number of aromatic nitrogens is 1. The fourth-order valence-corrected chi connectivity index (χ4v) is 2.45. The second kappa shape index (κ2) is 5.30. The van der Waals surface area contributed by atoms with Crippen LogP contribution in [0, 0.1) is 0 Å². The van der Waals surface area contributed by atoms with Gasteiger partial charge in [0, 0.05) is 25.0 Å². The Bertz CT molecular complexity index is 334. The van der Waals surface area contributed by atoms with Gasteiger partial charge in [-0.1, -0.05) is 19.3 Å². The number of aliphatic hydroxyl groups is 1. The van der Waals surface area contributed by atoms with Crippen molar-refractivity contribution < 1.29 is 5.11 Å². The summed E-state index contributed by atoms with van der Waals surface area (Å²) in [7, 11) is 2.15. The predicted octanol–water partition coefficient (Wildman–Crippen LogP) is 2.34. The summed E-state index contributed by atoms with van der Waals surface area (Å²) < 4.78 is 0. The summed E-state index contributed by atoms with van der Waals surface area (Å²) in [4.78, 5) is 6.44. The van der Waals surface area contributed by atoms with Crippen LogP contribution >= 0.6 is 0 Å². The van der Waals surface area contributed by atoms with Gasteiger partial charge in [-0.05, 0) is 25.0 Å². The van der Waals surface area contributed by atoms with E-state index in [0.717, 1.165) is 5.69 Å². The number of rotatable bonds is 3. The molecule has 3 heteroatoms. The Morgan fingerprint density at radius 3 is 2.81 bits per heavy atom. The van der Waals surface area contributed by atoms with Crippen molar-refractivity contribution in [3.8, 4) is 0 Å². The highest BCUT2D eigenvalue weighted by molar-refractivity contribution is 5.46. The van der Waals surface area contributed by atoms with Crippen molar-refractivity contribution in [2.45, 2.75) is 44.8 Å². The maximum Gasteiger partial charge on any atom is 0.0853 e. The minimum absolute atomic E-state index is 0.0202. The molecule has 0 unspecified atom stereocenters. The van der Waals surface area contributed by atoms with Gasteiger partial charge in [-0.3, -0.25) is 4.98 Å². The Kier molecular flexibility index (Phi) is 3.78. The van der Waals surface area contributed by atoms with Crippen molar-refractivity contribution in [1.29, 1.82) is 0 Å². The third kappa shape index (κ3) is 2.53. The van der Waals surface area contributed by atoms with Crippen LogP contribution in [0.2, 0.25) is 0 Å². The highest BCUT2D eigenvalue weighted by atomic mass is 16.3. The molecular weight excluding hydrogens is 200 g/mol. The average Bonchev–Trinajstić information content (AvgIpc) is 2.39. The average molecular weight is 220 g/mol. The largest absolute Gasteiger partial charge is 0.390 e. The molecule has 0 aromatic carbocycles. The van der Waals surface area contributed by atoms with Crippen molar-refractivity contribution >= 4 is 5.69 Å². The normalized spacial score (nSPS) is 17.4. The van der Waals surface area contributed by atoms with Crippen molar-refractivity contribution in [3.63, 3.8) is 0 Å². The summed E-state index contributed by atoms with van der Waals surface area (Å²) in [5, 5.41) is 9.07. The second-order valence-corrected chi connectivity index (χ2v) is 4.57. The number of nitrogens with zero attached hydrogens (tertiary/aromatic N) is 2. The highest BCUT2D eigenvalue weighted by Gasteiger charge is 2.18. The van der Waals surface area contributed by atoms with Gasteiger partial charge in [0.15, 0.2) is 0 Å². The smallest absolute Gasteiger partial charge is 0.0853 e. The number of anilines is 1. The zero-order valence-corrected chi connectivity index (χ0v) is 9.89. The first kappa shape index (κ1) is 11.4. The molecule has 1 fully saturated rings. The number of pyridine rings is 1. The van der Waals surface area contributed by atoms with Crippen molar-refractivity contribution in [3.05, 3.63) is 24.0 Å². The Balaban J connectivity index is 2.09. The Hall–Kier alpha value is -1.09. The van der Waals surface area contributed by atoms with E-state index in [4.69, 9.17) is 5.11 Å². The van der Waals surface area contributed by atoms with Gasteiger partial charge in [0.25, 0.3) is 0 Å². The van der Waals surface area contributed by atoms with Crippen molar-refractivity contribution in [2.75, 3.05) is 11.9 Å². The molecule has 1 N–H and O–H groups in total. The molecule has 1 heterocycles. The van der Waals surface area contributed by atoms with Gasteiger partial charge in [0.1, 0.15) is 0 Å². The third-order valence-corrected chi connectivity index (χ3v) is 3.49. The zero-order valence-electron chi connectivity index (χ0n) is 9.89. The summed E-state index contributed by atoms with van der Waals surface area (Å²) in [6, 6.07) is 4.66. The van der Waals surface area contributed by atoms with E-state index in [-0.39, 0.29) is 6.61 Å². The SMILES string of the molecule is CN(c1ccnc(CO)c1)C1CCCCC1. The first-order valence-corrected chi connectivity index (χ1v) is 6.10. The summed E-state index contributed by atoms with van der Waals surface area (Å²) in [5.74, 6) is 0. The fraction of sp³-hybridized carbons (Fsp3) is 0.615. The van der Waals surface area contributed by atoms with Gasteiger partial charge in [-0.2, -0.15) is 0 Å². The molecule has 0 bridgehead atoms. The molecule has 1 aromatic rings. The molecule has 0 radical (unpaired) electrons. The van der Waals surface area contributed by atoms with Crippen LogP contribution < -0.4 is 4.90 Å². The lowest BCUT2D eigenvalue weighted by atomic mass is 9.94. The summed E-state index contributed by atoms with van der Waals surface area (Å²) >= 11 is 0. The fourth-order valence-electron chi connectivity index (χ4n) is 2.45. The topological polar surface area (TPSA) is 36.4 Å². The van der Waals surface area contributed by atoms with E-state index in [2.05, 4.69) is 16.9 Å². The van der Waals surface area contributed by atoms with E-state index in [0.29, 0.717) is 6.04 Å². The quantitative estimate of drug-likeness (QED) is 0.849. The first-order chi connectivity index (χ1) is 7.81. The van der Waals surface area contributed by atoms with Crippen molar-refractivity contribution in [1.82, 2.24) is 4.98 Å². The molecule has 2 rings (SSSR count). The molecule has 0 spiro atoms. The van der Waals surface area contributed by atoms with Crippen LogP contribution in [0.5, 0.6) is 0 Å². The van der Waals surface area contributed by atoms with Gasteiger partial charge in [0.05, 0.1) is 12.3 Å². The maximum absolute atomic E-state index is 9.07. The van der Waals surface area contributed by atoms with Crippen LogP contribution in [-0.4, -0.2) is 23.2 Å². The third-order valence-electron chi connectivity index (χ3n) is 3.49. The zero-order chi connectivity index (χ0) is 11.4. The molecule has 16 heavy (non-hydrogen) atoms. The Morgan fingerprint density at radius 2 is 2.12 bits per heavy atom. The summed E-state index contributed by atoms with van der Waals surface area (Å²) in [6.07, 6.45) is 8.41. The molecule has 0 aliphatic heterocycles. The van der Waals surface area contributed by atoms with E-state index in [9.17, 15) is 0 Å². The molecule has 1 aliphatic carbocycles. The molecular formula is C13H20N2O. The van der Waals surface area contributed by atoms with Crippen molar-refractivity contribution in [2.24, 2.45) is 0 Å². The van der Waals surface area contributed by atoms with Crippen LogP contribution in [0.15, 0.2) is 18.3 Å². The molecule has 1 saturated carbocycles.